The first-order valence-electron chi connectivity index (χ1n) is 7.70. The Morgan fingerprint density at radius 1 is 1.25 bits per heavy atom. The average molecular weight is 340 g/mol. The lowest BCUT2D eigenvalue weighted by Gasteiger charge is -2.20. The predicted molar refractivity (Wildman–Crippen MR) is 90.2 cm³/mol. The molecule has 0 atom stereocenters. The van der Waals surface area contributed by atoms with Crippen LogP contribution in [0.15, 0.2) is 29.3 Å². The third-order valence-corrected chi connectivity index (χ3v) is 5.25. The highest BCUT2D eigenvalue weighted by Crippen LogP contribution is 2.36. The summed E-state index contributed by atoms with van der Waals surface area (Å²) >= 11 is 1.41. The highest BCUT2D eigenvalue weighted by Gasteiger charge is 2.22. The number of pyridine rings is 1. The number of rotatable bonds is 4. The van der Waals surface area contributed by atoms with E-state index in [0.29, 0.717) is 16.3 Å². The van der Waals surface area contributed by atoms with Gasteiger partial charge >= 0.3 is 5.97 Å². The molecule has 0 spiro atoms. The number of nitriles is 1. The number of benzene rings is 1. The summed E-state index contributed by atoms with van der Waals surface area (Å²) in [4.78, 5) is 15.5. The molecule has 0 amide bonds. The van der Waals surface area contributed by atoms with Crippen molar-refractivity contribution in [1.29, 1.82) is 5.26 Å². The number of aromatic hydroxyl groups is 1. The Morgan fingerprint density at radius 2 is 1.96 bits per heavy atom. The Morgan fingerprint density at radius 3 is 2.67 bits per heavy atom. The summed E-state index contributed by atoms with van der Waals surface area (Å²) < 4.78 is 0. The van der Waals surface area contributed by atoms with E-state index in [1.165, 1.54) is 11.8 Å². The normalized spacial score (nSPS) is 13.1. The van der Waals surface area contributed by atoms with Crippen molar-refractivity contribution in [2.75, 3.05) is 0 Å². The van der Waals surface area contributed by atoms with E-state index in [1.54, 1.807) is 18.2 Å². The first-order chi connectivity index (χ1) is 11.6. The van der Waals surface area contributed by atoms with Gasteiger partial charge in [-0.1, -0.05) is 18.2 Å². The van der Waals surface area contributed by atoms with Gasteiger partial charge in [0.1, 0.15) is 16.7 Å². The fourth-order valence-corrected chi connectivity index (χ4v) is 4.10. The van der Waals surface area contributed by atoms with Crippen LogP contribution in [0.25, 0.3) is 0 Å². The summed E-state index contributed by atoms with van der Waals surface area (Å²) in [7, 11) is 0. The van der Waals surface area contributed by atoms with Crippen molar-refractivity contribution < 1.29 is 15.0 Å². The Labute approximate surface area is 144 Å². The lowest BCUT2D eigenvalue weighted by molar-refractivity contribution is 0.0696. The van der Waals surface area contributed by atoms with E-state index >= 15 is 0 Å². The molecule has 5 nitrogen and oxygen atoms in total. The highest BCUT2D eigenvalue weighted by molar-refractivity contribution is 7.98. The van der Waals surface area contributed by atoms with Gasteiger partial charge in [0.25, 0.3) is 0 Å². The molecule has 1 aliphatic carbocycles. The number of carboxylic acids is 1. The van der Waals surface area contributed by atoms with Crippen molar-refractivity contribution in [1.82, 2.24) is 4.98 Å². The van der Waals surface area contributed by atoms with Crippen LogP contribution in [0.2, 0.25) is 0 Å². The highest BCUT2D eigenvalue weighted by atomic mass is 32.2. The third kappa shape index (κ3) is 3.08. The molecule has 1 heterocycles. The maximum absolute atomic E-state index is 11.3. The molecule has 1 aromatic heterocycles. The van der Waals surface area contributed by atoms with E-state index in [2.05, 4.69) is 4.98 Å². The van der Waals surface area contributed by atoms with E-state index in [9.17, 15) is 20.3 Å². The largest absolute Gasteiger partial charge is 0.492 e. The lowest BCUT2D eigenvalue weighted by atomic mass is 9.90. The van der Waals surface area contributed by atoms with Crippen LogP contribution in [0.4, 0.5) is 0 Å². The number of thioether (sulfide) groups is 1. The third-order valence-electron chi connectivity index (χ3n) is 4.18. The number of hydrogen-bond donors (Lipinski definition) is 2. The standard InChI is InChI=1S/C18H16N2O3S/c19-9-15-13-7-3-4-8-14(13)17(20-16(15)21)24-10-11-5-1-2-6-12(11)18(22)23/h1-2,5-6H,3-4,7-8,10H2,(H,20,21)(H,22,23). The second-order valence-electron chi connectivity index (χ2n) is 5.64. The van der Waals surface area contributed by atoms with E-state index in [1.807, 2.05) is 12.1 Å². The number of carbonyl (C=O) groups is 1. The van der Waals surface area contributed by atoms with Crippen LogP contribution in [0.1, 0.15) is 45.5 Å². The van der Waals surface area contributed by atoms with Crippen LogP contribution in [0.3, 0.4) is 0 Å². The minimum absolute atomic E-state index is 0.229. The molecule has 1 aromatic carbocycles. The van der Waals surface area contributed by atoms with Gasteiger partial charge in [0, 0.05) is 5.75 Å². The molecule has 0 saturated carbocycles. The van der Waals surface area contributed by atoms with Crippen LogP contribution in [-0.2, 0) is 18.6 Å². The first-order valence-corrected chi connectivity index (χ1v) is 8.69. The molecule has 122 valence electrons. The molecule has 0 aliphatic heterocycles. The van der Waals surface area contributed by atoms with Crippen molar-refractivity contribution >= 4 is 17.7 Å². The fraction of sp³-hybridized carbons (Fsp3) is 0.278. The zero-order valence-corrected chi connectivity index (χ0v) is 13.8. The number of carboxylic acid groups (broad SMARTS) is 1. The smallest absolute Gasteiger partial charge is 0.335 e. The quantitative estimate of drug-likeness (QED) is 0.827. The Balaban J connectivity index is 1.93. The molecule has 3 rings (SSSR count). The molecule has 2 N–H and O–H groups in total. The van der Waals surface area contributed by atoms with E-state index in [4.69, 9.17) is 0 Å². The Hall–Kier alpha value is -2.52. The number of hydrogen-bond acceptors (Lipinski definition) is 5. The molecule has 0 fully saturated rings. The molecular formula is C18H16N2O3S. The summed E-state index contributed by atoms with van der Waals surface area (Å²) in [6.45, 7) is 0. The van der Waals surface area contributed by atoms with Crippen LogP contribution in [0, 0.1) is 11.3 Å². The Bertz CT molecular complexity index is 843. The van der Waals surface area contributed by atoms with Crippen LogP contribution in [-0.4, -0.2) is 21.2 Å². The SMILES string of the molecule is N#Cc1c(O)nc(SCc2ccccc2C(=O)O)c2c1CCCC2. The summed E-state index contributed by atoms with van der Waals surface area (Å²) in [6.07, 6.45) is 3.63. The molecule has 0 bridgehead atoms. The first kappa shape index (κ1) is 16.3. The second-order valence-corrected chi connectivity index (χ2v) is 6.61. The van der Waals surface area contributed by atoms with Crippen molar-refractivity contribution in [2.45, 2.75) is 36.5 Å². The van der Waals surface area contributed by atoms with Gasteiger partial charge in [-0.3, -0.25) is 0 Å². The molecule has 6 heteroatoms. The minimum Gasteiger partial charge on any atom is -0.492 e. The van der Waals surface area contributed by atoms with Crippen molar-refractivity contribution in [3.05, 3.63) is 52.1 Å². The summed E-state index contributed by atoms with van der Waals surface area (Å²) in [6, 6.07) is 8.92. The molecule has 1 aliphatic rings. The Kier molecular flexibility index (Phi) is 4.72. The molecule has 24 heavy (non-hydrogen) atoms. The van der Waals surface area contributed by atoms with Gasteiger partial charge in [-0.15, -0.1) is 11.8 Å². The van der Waals surface area contributed by atoms with Gasteiger partial charge in [0.15, 0.2) is 0 Å². The topological polar surface area (TPSA) is 94.2 Å². The predicted octanol–water partition coefficient (Wildman–Crippen LogP) is 3.53. The molecular weight excluding hydrogens is 324 g/mol. The fourth-order valence-electron chi connectivity index (χ4n) is 3.01. The summed E-state index contributed by atoms with van der Waals surface area (Å²) in [5, 5.41) is 29.3. The maximum atomic E-state index is 11.3. The zero-order chi connectivity index (χ0) is 17.1. The van der Waals surface area contributed by atoms with Gasteiger partial charge in [-0.2, -0.15) is 5.26 Å². The molecule has 0 radical (unpaired) electrons. The minimum atomic E-state index is -0.955. The van der Waals surface area contributed by atoms with Crippen LogP contribution < -0.4 is 0 Å². The van der Waals surface area contributed by atoms with E-state index < -0.39 is 5.97 Å². The number of nitrogens with zero attached hydrogens (tertiary/aromatic N) is 2. The number of aromatic carboxylic acids is 1. The molecule has 0 saturated heterocycles. The number of fused-ring (bicyclic) bond motifs is 1. The van der Waals surface area contributed by atoms with Crippen molar-refractivity contribution in [2.24, 2.45) is 0 Å². The summed E-state index contributed by atoms with van der Waals surface area (Å²) in [5.41, 5.74) is 3.18. The zero-order valence-electron chi connectivity index (χ0n) is 13.0. The van der Waals surface area contributed by atoms with Crippen molar-refractivity contribution in [3.8, 4) is 11.9 Å². The summed E-state index contributed by atoms with van der Waals surface area (Å²) in [5.74, 6) is -0.733. The average Bonchev–Trinajstić information content (AvgIpc) is 2.60. The van der Waals surface area contributed by atoms with Gasteiger partial charge in [-0.05, 0) is 48.4 Å². The van der Waals surface area contributed by atoms with Crippen LogP contribution >= 0.6 is 11.8 Å². The van der Waals surface area contributed by atoms with Gasteiger partial charge < -0.3 is 10.2 Å². The van der Waals surface area contributed by atoms with Crippen molar-refractivity contribution in [3.63, 3.8) is 0 Å². The van der Waals surface area contributed by atoms with Gasteiger partial charge in [0.05, 0.1) is 5.56 Å². The molecule has 0 unspecified atom stereocenters. The van der Waals surface area contributed by atoms with E-state index in [-0.39, 0.29) is 17.0 Å². The monoisotopic (exact) mass is 340 g/mol. The second kappa shape index (κ2) is 6.93. The number of aromatic nitrogens is 1. The maximum Gasteiger partial charge on any atom is 0.335 e. The molecule has 2 aromatic rings. The van der Waals surface area contributed by atoms with Crippen LogP contribution in [0.5, 0.6) is 5.88 Å². The van der Waals surface area contributed by atoms with E-state index in [0.717, 1.165) is 36.8 Å². The van der Waals surface area contributed by atoms with Gasteiger partial charge in [-0.25, -0.2) is 9.78 Å². The lowest BCUT2D eigenvalue weighted by Crippen LogP contribution is -2.09. The van der Waals surface area contributed by atoms with Gasteiger partial charge in [0.2, 0.25) is 5.88 Å².